The third kappa shape index (κ3) is 2.26. The van der Waals surface area contributed by atoms with Gasteiger partial charge < -0.3 is 4.74 Å². The van der Waals surface area contributed by atoms with Crippen molar-refractivity contribution in [3.63, 3.8) is 0 Å². The van der Waals surface area contributed by atoms with Gasteiger partial charge in [-0.05, 0) is 12.1 Å². The van der Waals surface area contributed by atoms with Gasteiger partial charge in [0.15, 0.2) is 11.0 Å². The van der Waals surface area contributed by atoms with Crippen LogP contribution >= 0.6 is 0 Å². The van der Waals surface area contributed by atoms with Crippen LogP contribution in [0, 0.1) is 0 Å². The van der Waals surface area contributed by atoms with Crippen LogP contribution < -0.4 is 4.57 Å². The number of fused-ring (bicyclic) bond motifs is 1. The lowest BCUT2D eigenvalue weighted by molar-refractivity contribution is -0.645. The van der Waals surface area contributed by atoms with Crippen molar-refractivity contribution in [2.45, 2.75) is 6.54 Å². The van der Waals surface area contributed by atoms with Gasteiger partial charge in [-0.3, -0.25) is 4.90 Å². The molecule has 3 rings (SSSR count). The Morgan fingerprint density at radius 2 is 1.94 bits per heavy atom. The Bertz CT molecular complexity index is 529. The molecule has 1 aromatic heterocycles. The van der Waals surface area contributed by atoms with E-state index in [1.165, 1.54) is 11.0 Å². The molecule has 0 bridgehead atoms. The van der Waals surface area contributed by atoms with Crippen LogP contribution in [0.2, 0.25) is 0 Å². The summed E-state index contributed by atoms with van der Waals surface area (Å²) in [5.41, 5.74) is 2.60. The van der Waals surface area contributed by atoms with E-state index < -0.39 is 0 Å². The topological polar surface area (TPSA) is 21.3 Å². The minimum absolute atomic E-state index is 0.875. The number of benzene rings is 1. The average Bonchev–Trinajstić information content (AvgIpc) is 2.75. The zero-order chi connectivity index (χ0) is 12.4. The number of ether oxygens (including phenoxy) is 1. The first-order chi connectivity index (χ1) is 8.84. The quantitative estimate of drug-likeness (QED) is 0.747. The van der Waals surface area contributed by atoms with Gasteiger partial charge in [0.05, 0.1) is 20.3 Å². The fourth-order valence-corrected chi connectivity index (χ4v) is 2.59. The molecule has 0 saturated carbocycles. The molecule has 96 valence electrons. The molecule has 1 fully saturated rings. The maximum Gasteiger partial charge on any atom is 0.244 e. The zero-order valence-electron chi connectivity index (χ0n) is 10.9. The molecule has 0 spiro atoms. The molecule has 1 aliphatic rings. The van der Waals surface area contributed by atoms with E-state index in [-0.39, 0.29) is 0 Å². The maximum absolute atomic E-state index is 5.37. The number of morpholine rings is 1. The molecule has 1 aromatic carbocycles. The number of imidazole rings is 1. The first-order valence-electron chi connectivity index (χ1n) is 6.58. The number of para-hydroxylation sites is 2. The van der Waals surface area contributed by atoms with Crippen LogP contribution in [-0.4, -0.2) is 42.3 Å². The molecule has 0 unspecified atom stereocenters. The molecule has 0 amide bonds. The monoisotopic (exact) mass is 246 g/mol. The molecule has 0 aliphatic carbocycles. The smallest absolute Gasteiger partial charge is 0.244 e. The SMILES string of the molecule is C[n+]1cn(CCN2CCOCC2)c2ccccc21. The van der Waals surface area contributed by atoms with Crippen molar-refractivity contribution in [2.24, 2.45) is 7.05 Å². The highest BCUT2D eigenvalue weighted by molar-refractivity contribution is 5.71. The largest absolute Gasteiger partial charge is 0.379 e. The molecule has 0 atom stereocenters. The third-order valence-electron chi connectivity index (χ3n) is 3.64. The van der Waals surface area contributed by atoms with E-state index in [9.17, 15) is 0 Å². The Balaban J connectivity index is 1.74. The van der Waals surface area contributed by atoms with Crippen LogP contribution in [0.25, 0.3) is 11.0 Å². The van der Waals surface area contributed by atoms with E-state index in [4.69, 9.17) is 4.74 Å². The number of rotatable bonds is 3. The first-order valence-corrected chi connectivity index (χ1v) is 6.58. The second-order valence-corrected chi connectivity index (χ2v) is 4.86. The summed E-state index contributed by atoms with van der Waals surface area (Å²) in [4.78, 5) is 2.47. The van der Waals surface area contributed by atoms with Crippen LogP contribution in [-0.2, 0) is 18.3 Å². The molecule has 1 aliphatic heterocycles. The normalized spacial score (nSPS) is 17.4. The second kappa shape index (κ2) is 5.08. The number of aromatic nitrogens is 2. The summed E-state index contributed by atoms with van der Waals surface area (Å²) < 4.78 is 9.90. The highest BCUT2D eigenvalue weighted by Crippen LogP contribution is 2.10. The summed E-state index contributed by atoms with van der Waals surface area (Å²) in [6, 6.07) is 8.55. The van der Waals surface area contributed by atoms with Crippen LogP contribution in [0.5, 0.6) is 0 Å². The van der Waals surface area contributed by atoms with Crippen LogP contribution in [0.4, 0.5) is 0 Å². The minimum atomic E-state index is 0.875. The number of hydrogen-bond acceptors (Lipinski definition) is 2. The van der Waals surface area contributed by atoms with Crippen molar-refractivity contribution in [3.05, 3.63) is 30.6 Å². The summed E-state index contributed by atoms with van der Waals surface area (Å²) in [6.45, 7) is 6.01. The number of hydrogen-bond donors (Lipinski definition) is 0. The Labute approximate surface area is 107 Å². The predicted molar refractivity (Wildman–Crippen MR) is 70.4 cm³/mol. The highest BCUT2D eigenvalue weighted by Gasteiger charge is 2.15. The van der Waals surface area contributed by atoms with Crippen molar-refractivity contribution in [2.75, 3.05) is 32.8 Å². The summed E-state index contributed by atoms with van der Waals surface area (Å²) in [5.74, 6) is 0. The van der Waals surface area contributed by atoms with E-state index in [0.717, 1.165) is 39.4 Å². The van der Waals surface area contributed by atoms with Crippen molar-refractivity contribution in [1.29, 1.82) is 0 Å². The van der Waals surface area contributed by atoms with Gasteiger partial charge in [0, 0.05) is 19.6 Å². The Morgan fingerprint density at radius 1 is 1.17 bits per heavy atom. The van der Waals surface area contributed by atoms with Gasteiger partial charge in [0.2, 0.25) is 6.33 Å². The lowest BCUT2D eigenvalue weighted by Crippen LogP contribution is -2.38. The molecule has 2 aromatic rings. The summed E-state index contributed by atoms with van der Waals surface area (Å²) >= 11 is 0. The third-order valence-corrected chi connectivity index (χ3v) is 3.64. The zero-order valence-corrected chi connectivity index (χ0v) is 10.9. The number of nitrogens with zero attached hydrogens (tertiary/aromatic N) is 3. The van der Waals surface area contributed by atoms with Crippen molar-refractivity contribution in [3.8, 4) is 0 Å². The molecule has 2 heterocycles. The summed E-state index contributed by atoms with van der Waals surface area (Å²) in [6.07, 6.45) is 2.19. The van der Waals surface area contributed by atoms with Gasteiger partial charge in [0.1, 0.15) is 6.54 Å². The Hall–Kier alpha value is -1.39. The standard InChI is InChI=1S/C14H20N3O/c1-15-12-17(14-5-3-2-4-13(14)15)7-6-16-8-10-18-11-9-16/h2-5,12H,6-11H2,1H3/q+1. The van der Waals surface area contributed by atoms with E-state index >= 15 is 0 Å². The Kier molecular flexibility index (Phi) is 3.30. The van der Waals surface area contributed by atoms with E-state index in [1.54, 1.807) is 0 Å². The fraction of sp³-hybridized carbons (Fsp3) is 0.500. The van der Waals surface area contributed by atoms with Crippen molar-refractivity contribution < 1.29 is 9.30 Å². The van der Waals surface area contributed by atoms with Gasteiger partial charge in [-0.1, -0.05) is 12.1 Å². The fourth-order valence-electron chi connectivity index (χ4n) is 2.59. The molecule has 18 heavy (non-hydrogen) atoms. The van der Waals surface area contributed by atoms with Crippen LogP contribution in [0.1, 0.15) is 0 Å². The van der Waals surface area contributed by atoms with Gasteiger partial charge in [-0.2, -0.15) is 0 Å². The summed E-state index contributed by atoms with van der Waals surface area (Å²) in [7, 11) is 2.10. The van der Waals surface area contributed by atoms with Crippen LogP contribution in [0.15, 0.2) is 30.6 Å². The highest BCUT2D eigenvalue weighted by atomic mass is 16.5. The van der Waals surface area contributed by atoms with Crippen molar-refractivity contribution in [1.82, 2.24) is 9.47 Å². The lowest BCUT2D eigenvalue weighted by Gasteiger charge is -2.25. The lowest BCUT2D eigenvalue weighted by atomic mass is 10.3. The van der Waals surface area contributed by atoms with E-state index in [1.807, 2.05) is 0 Å². The van der Waals surface area contributed by atoms with E-state index in [0.29, 0.717) is 0 Å². The molecular formula is C14H20N3O+. The average molecular weight is 246 g/mol. The van der Waals surface area contributed by atoms with Gasteiger partial charge in [-0.25, -0.2) is 9.13 Å². The molecule has 4 heteroatoms. The predicted octanol–water partition coefficient (Wildman–Crippen LogP) is 0.798. The minimum Gasteiger partial charge on any atom is -0.379 e. The van der Waals surface area contributed by atoms with Gasteiger partial charge >= 0.3 is 0 Å². The first kappa shape index (κ1) is 11.7. The van der Waals surface area contributed by atoms with Gasteiger partial charge in [-0.15, -0.1) is 0 Å². The molecular weight excluding hydrogens is 226 g/mol. The molecule has 0 radical (unpaired) electrons. The van der Waals surface area contributed by atoms with Gasteiger partial charge in [0.25, 0.3) is 0 Å². The maximum atomic E-state index is 5.37. The second-order valence-electron chi connectivity index (χ2n) is 4.86. The van der Waals surface area contributed by atoms with Crippen LogP contribution in [0.3, 0.4) is 0 Å². The Morgan fingerprint density at radius 3 is 2.78 bits per heavy atom. The molecule has 1 saturated heterocycles. The van der Waals surface area contributed by atoms with E-state index in [2.05, 4.69) is 51.7 Å². The summed E-state index contributed by atoms with van der Waals surface area (Å²) in [5, 5.41) is 0. The molecule has 0 N–H and O–H groups in total. The molecule has 4 nitrogen and oxygen atoms in total. The number of aryl methyl sites for hydroxylation is 1. The van der Waals surface area contributed by atoms with Crippen molar-refractivity contribution >= 4 is 11.0 Å².